The van der Waals surface area contributed by atoms with Gasteiger partial charge in [0.2, 0.25) is 0 Å². The average Bonchev–Trinajstić information content (AvgIpc) is 2.90. The van der Waals surface area contributed by atoms with E-state index >= 15 is 0 Å². The number of carbonyl (C=O) groups is 1. The maximum absolute atomic E-state index is 14.1. The fraction of sp³-hybridized carbons (Fsp3) is 0.400. The van der Waals surface area contributed by atoms with Crippen LogP contribution in [-0.2, 0) is 24.4 Å². The lowest BCUT2D eigenvalue weighted by Gasteiger charge is -2.36. The van der Waals surface area contributed by atoms with E-state index in [1.807, 2.05) is 26.0 Å². The Labute approximate surface area is 244 Å². The number of esters is 1. The summed E-state index contributed by atoms with van der Waals surface area (Å²) < 4.78 is 19.5. The molecular formula is C30H39Cl2FN4O2. The standard InChI is InChI=1S/C30H37FN4O2.2ClH/c1-4-33(22-26-8-5-6-10-28(26)31)20-24-11-13-25(14-12-24)21-34-16-18-35(19-17-34)29-27(9-7-15-32-29)30(36)37-23(2)3;;/h5-15,23H,4,16-22H2,1-3H3;2*1H. The van der Waals surface area contributed by atoms with Crippen molar-refractivity contribution in [1.82, 2.24) is 14.8 Å². The molecule has 0 aliphatic carbocycles. The zero-order valence-electron chi connectivity index (χ0n) is 22.9. The van der Waals surface area contributed by atoms with Gasteiger partial charge in [0.1, 0.15) is 17.2 Å². The largest absolute Gasteiger partial charge is 0.459 e. The summed E-state index contributed by atoms with van der Waals surface area (Å²) in [5, 5.41) is 0. The predicted octanol–water partition coefficient (Wildman–Crippen LogP) is 5.97. The van der Waals surface area contributed by atoms with Crippen LogP contribution >= 0.6 is 24.8 Å². The minimum Gasteiger partial charge on any atom is -0.459 e. The Bertz CT molecular complexity index is 1170. The number of piperazine rings is 1. The first-order valence-electron chi connectivity index (χ1n) is 13.1. The predicted molar refractivity (Wildman–Crippen MR) is 159 cm³/mol. The van der Waals surface area contributed by atoms with Gasteiger partial charge in [0.05, 0.1) is 6.10 Å². The summed E-state index contributed by atoms with van der Waals surface area (Å²) in [4.78, 5) is 23.9. The van der Waals surface area contributed by atoms with Crippen LogP contribution < -0.4 is 4.90 Å². The number of halogens is 3. The Morgan fingerprint density at radius 3 is 2.26 bits per heavy atom. The molecule has 0 amide bonds. The zero-order valence-corrected chi connectivity index (χ0v) is 24.5. The van der Waals surface area contributed by atoms with Gasteiger partial charge >= 0.3 is 5.97 Å². The molecule has 4 rings (SSSR count). The lowest BCUT2D eigenvalue weighted by atomic mass is 10.1. The number of nitrogens with zero attached hydrogens (tertiary/aromatic N) is 4. The van der Waals surface area contributed by atoms with E-state index in [9.17, 15) is 9.18 Å². The van der Waals surface area contributed by atoms with Gasteiger partial charge in [0.25, 0.3) is 0 Å². The average molecular weight is 578 g/mol. The van der Waals surface area contributed by atoms with Crippen LogP contribution in [0.5, 0.6) is 0 Å². The van der Waals surface area contributed by atoms with Crippen LogP contribution in [0.1, 0.15) is 47.8 Å². The molecule has 0 atom stereocenters. The number of hydrogen-bond acceptors (Lipinski definition) is 6. The number of hydrogen-bond donors (Lipinski definition) is 0. The monoisotopic (exact) mass is 576 g/mol. The molecule has 1 aromatic heterocycles. The van der Waals surface area contributed by atoms with Crippen LogP contribution in [0, 0.1) is 5.82 Å². The van der Waals surface area contributed by atoms with Crippen molar-refractivity contribution in [2.45, 2.75) is 46.5 Å². The fourth-order valence-corrected chi connectivity index (χ4v) is 4.62. The molecule has 39 heavy (non-hydrogen) atoms. The summed E-state index contributed by atoms with van der Waals surface area (Å²) in [6, 6.07) is 19.3. The van der Waals surface area contributed by atoms with Crippen LogP contribution in [0.3, 0.4) is 0 Å². The van der Waals surface area contributed by atoms with Gasteiger partial charge < -0.3 is 9.64 Å². The Morgan fingerprint density at radius 1 is 0.949 bits per heavy atom. The highest BCUT2D eigenvalue weighted by molar-refractivity contribution is 5.94. The molecule has 1 aliphatic rings. The molecular weight excluding hydrogens is 538 g/mol. The molecule has 0 radical (unpaired) electrons. The molecule has 2 aromatic carbocycles. The first-order chi connectivity index (χ1) is 17.9. The second-order valence-electron chi connectivity index (χ2n) is 9.80. The highest BCUT2D eigenvalue weighted by Gasteiger charge is 2.23. The molecule has 0 saturated carbocycles. The third-order valence-corrected chi connectivity index (χ3v) is 6.66. The molecule has 0 bridgehead atoms. The van der Waals surface area contributed by atoms with E-state index in [-0.39, 0.29) is 42.7 Å². The molecule has 3 aromatic rings. The molecule has 1 saturated heterocycles. The van der Waals surface area contributed by atoms with Crippen LogP contribution in [0.25, 0.3) is 0 Å². The highest BCUT2D eigenvalue weighted by atomic mass is 35.5. The maximum Gasteiger partial charge on any atom is 0.342 e. The number of rotatable bonds is 10. The van der Waals surface area contributed by atoms with Gasteiger partial charge in [-0.05, 0) is 49.7 Å². The molecule has 2 heterocycles. The summed E-state index contributed by atoms with van der Waals surface area (Å²) in [5.41, 5.74) is 3.75. The molecule has 9 heteroatoms. The van der Waals surface area contributed by atoms with Gasteiger partial charge in [-0.25, -0.2) is 14.2 Å². The fourth-order valence-electron chi connectivity index (χ4n) is 4.62. The highest BCUT2D eigenvalue weighted by Crippen LogP contribution is 2.21. The van der Waals surface area contributed by atoms with E-state index in [0.717, 1.165) is 51.4 Å². The minimum absolute atomic E-state index is 0. The topological polar surface area (TPSA) is 48.9 Å². The maximum atomic E-state index is 14.1. The van der Waals surface area contributed by atoms with Crippen LogP contribution in [-0.4, -0.2) is 59.6 Å². The van der Waals surface area contributed by atoms with E-state index in [2.05, 4.69) is 50.9 Å². The van der Waals surface area contributed by atoms with E-state index in [4.69, 9.17) is 4.74 Å². The van der Waals surface area contributed by atoms with Gasteiger partial charge in [-0.3, -0.25) is 9.80 Å². The lowest BCUT2D eigenvalue weighted by Crippen LogP contribution is -2.46. The third kappa shape index (κ3) is 9.17. The molecule has 0 spiro atoms. The SMILES string of the molecule is CCN(Cc1ccc(CN2CCN(c3ncccc3C(=O)OC(C)C)CC2)cc1)Cc1ccccc1F.Cl.Cl. The van der Waals surface area contributed by atoms with Crippen LogP contribution in [0.4, 0.5) is 10.2 Å². The first kappa shape index (κ1) is 32.5. The minimum atomic E-state index is -0.323. The van der Waals surface area contributed by atoms with Crippen molar-refractivity contribution in [3.8, 4) is 0 Å². The third-order valence-electron chi connectivity index (χ3n) is 6.66. The lowest BCUT2D eigenvalue weighted by molar-refractivity contribution is 0.0378. The van der Waals surface area contributed by atoms with Crippen molar-refractivity contribution in [3.63, 3.8) is 0 Å². The van der Waals surface area contributed by atoms with Gasteiger partial charge in [-0.1, -0.05) is 49.4 Å². The summed E-state index contributed by atoms with van der Waals surface area (Å²) >= 11 is 0. The Kier molecular flexibility index (Phi) is 13.1. The van der Waals surface area contributed by atoms with Crippen molar-refractivity contribution in [1.29, 1.82) is 0 Å². The number of benzene rings is 2. The molecule has 6 nitrogen and oxygen atoms in total. The van der Waals surface area contributed by atoms with E-state index in [1.165, 1.54) is 17.2 Å². The first-order valence-corrected chi connectivity index (χ1v) is 13.1. The summed E-state index contributed by atoms with van der Waals surface area (Å²) in [6.07, 6.45) is 1.56. The second kappa shape index (κ2) is 15.8. The Balaban J connectivity index is 0.00000267. The van der Waals surface area contributed by atoms with Gasteiger partial charge in [-0.15, -0.1) is 24.8 Å². The number of aromatic nitrogens is 1. The Hall–Kier alpha value is -2.71. The van der Waals surface area contributed by atoms with Crippen molar-refractivity contribution in [2.75, 3.05) is 37.6 Å². The summed E-state index contributed by atoms with van der Waals surface area (Å²) in [5.74, 6) is 0.232. The zero-order chi connectivity index (χ0) is 26.2. The van der Waals surface area contributed by atoms with Crippen LogP contribution in [0.2, 0.25) is 0 Å². The molecule has 1 aliphatic heterocycles. The van der Waals surface area contributed by atoms with Crippen molar-refractivity contribution in [3.05, 3.63) is 94.9 Å². The molecule has 0 N–H and O–H groups in total. The Morgan fingerprint density at radius 2 is 1.62 bits per heavy atom. The van der Waals surface area contributed by atoms with Crippen molar-refractivity contribution < 1.29 is 13.9 Å². The van der Waals surface area contributed by atoms with Crippen molar-refractivity contribution in [2.24, 2.45) is 0 Å². The second-order valence-corrected chi connectivity index (χ2v) is 9.80. The number of anilines is 1. The smallest absolute Gasteiger partial charge is 0.342 e. The van der Waals surface area contributed by atoms with E-state index in [1.54, 1.807) is 24.4 Å². The van der Waals surface area contributed by atoms with Crippen molar-refractivity contribution >= 4 is 36.6 Å². The van der Waals surface area contributed by atoms with E-state index < -0.39 is 0 Å². The van der Waals surface area contributed by atoms with Gasteiger partial charge in [0, 0.05) is 57.6 Å². The quantitative estimate of drug-likeness (QED) is 0.277. The normalized spacial score (nSPS) is 13.6. The summed E-state index contributed by atoms with van der Waals surface area (Å²) in [6.45, 7) is 12.3. The van der Waals surface area contributed by atoms with E-state index in [0.29, 0.717) is 17.9 Å². The molecule has 212 valence electrons. The number of ether oxygens (including phenoxy) is 1. The van der Waals surface area contributed by atoms with Gasteiger partial charge in [-0.2, -0.15) is 0 Å². The summed E-state index contributed by atoms with van der Waals surface area (Å²) in [7, 11) is 0. The molecule has 1 fully saturated rings. The van der Waals surface area contributed by atoms with Crippen LogP contribution in [0.15, 0.2) is 66.9 Å². The number of carbonyl (C=O) groups excluding carboxylic acids is 1. The number of pyridine rings is 1. The molecule has 0 unspecified atom stereocenters. The van der Waals surface area contributed by atoms with Gasteiger partial charge in [0.15, 0.2) is 0 Å².